The monoisotopic (exact) mass is 322 g/mol. The molecule has 0 N–H and O–H groups in total. The summed E-state index contributed by atoms with van der Waals surface area (Å²) in [6, 6.07) is 6.95. The van der Waals surface area contributed by atoms with Crippen LogP contribution in [0.1, 0.15) is 24.8 Å². The lowest BCUT2D eigenvalue weighted by Crippen LogP contribution is -2.29. The van der Waals surface area contributed by atoms with Crippen LogP contribution in [0.4, 0.5) is 5.00 Å². The molecular weight excluding hydrogens is 304 g/mol. The quantitative estimate of drug-likeness (QED) is 0.870. The van der Waals surface area contributed by atoms with Gasteiger partial charge in [-0.05, 0) is 38.3 Å². The van der Waals surface area contributed by atoms with Gasteiger partial charge in [-0.25, -0.2) is 13.4 Å². The van der Waals surface area contributed by atoms with E-state index in [9.17, 15) is 8.42 Å². The summed E-state index contributed by atoms with van der Waals surface area (Å²) in [6.07, 6.45) is 3.44. The summed E-state index contributed by atoms with van der Waals surface area (Å²) < 4.78 is 25.6. The van der Waals surface area contributed by atoms with E-state index in [0.717, 1.165) is 36.5 Å². The Morgan fingerprint density at radius 2 is 1.76 bits per heavy atom. The van der Waals surface area contributed by atoms with Crippen molar-refractivity contribution in [2.75, 3.05) is 18.0 Å². The zero-order chi connectivity index (χ0) is 14.9. The lowest BCUT2D eigenvalue weighted by Gasteiger charge is -2.27. The molecule has 1 aliphatic heterocycles. The number of rotatable bonds is 3. The van der Waals surface area contributed by atoms with E-state index in [-0.39, 0.29) is 5.03 Å². The molecule has 0 aliphatic carbocycles. The maximum absolute atomic E-state index is 12.8. The van der Waals surface area contributed by atoms with E-state index < -0.39 is 9.84 Å². The SMILES string of the molecule is Cc1ccc(S(=O)(=O)c2ncsc2N2CCCCC2)cc1. The Morgan fingerprint density at radius 1 is 1.10 bits per heavy atom. The van der Waals surface area contributed by atoms with Crippen LogP contribution in [0.3, 0.4) is 0 Å². The first kappa shape index (κ1) is 14.5. The Bertz CT molecular complexity index is 714. The van der Waals surface area contributed by atoms with Crippen LogP contribution in [0.5, 0.6) is 0 Å². The van der Waals surface area contributed by atoms with Crippen molar-refractivity contribution < 1.29 is 8.42 Å². The Labute approximate surface area is 129 Å². The van der Waals surface area contributed by atoms with Gasteiger partial charge in [0.05, 0.1) is 10.4 Å². The van der Waals surface area contributed by atoms with Crippen LogP contribution in [0.15, 0.2) is 39.7 Å². The summed E-state index contributed by atoms with van der Waals surface area (Å²) in [5.74, 6) is 0. The van der Waals surface area contributed by atoms with Gasteiger partial charge >= 0.3 is 0 Å². The van der Waals surface area contributed by atoms with Crippen LogP contribution in [-0.4, -0.2) is 26.5 Å². The molecule has 21 heavy (non-hydrogen) atoms. The van der Waals surface area contributed by atoms with Crippen LogP contribution < -0.4 is 4.90 Å². The Kier molecular flexibility index (Phi) is 3.99. The van der Waals surface area contributed by atoms with Crippen LogP contribution in [0.2, 0.25) is 0 Å². The van der Waals surface area contributed by atoms with Gasteiger partial charge in [0.2, 0.25) is 9.84 Å². The van der Waals surface area contributed by atoms with E-state index in [1.54, 1.807) is 17.6 Å². The van der Waals surface area contributed by atoms with Gasteiger partial charge in [0.25, 0.3) is 0 Å². The third-order valence-corrected chi connectivity index (χ3v) is 6.46. The molecule has 2 aromatic rings. The number of sulfone groups is 1. The summed E-state index contributed by atoms with van der Waals surface area (Å²) in [5.41, 5.74) is 2.67. The normalized spacial score (nSPS) is 16.1. The van der Waals surface area contributed by atoms with Gasteiger partial charge in [-0.15, -0.1) is 11.3 Å². The van der Waals surface area contributed by atoms with E-state index in [1.807, 2.05) is 19.1 Å². The number of nitrogens with zero attached hydrogens (tertiary/aromatic N) is 2. The fourth-order valence-electron chi connectivity index (χ4n) is 2.55. The number of piperidine rings is 1. The first-order valence-corrected chi connectivity index (χ1v) is 9.45. The van der Waals surface area contributed by atoms with Crippen molar-refractivity contribution in [3.8, 4) is 0 Å². The first-order chi connectivity index (χ1) is 10.1. The van der Waals surface area contributed by atoms with E-state index in [2.05, 4.69) is 9.88 Å². The predicted octanol–water partition coefficient (Wildman–Crippen LogP) is 3.27. The van der Waals surface area contributed by atoms with Gasteiger partial charge in [0.15, 0.2) is 5.03 Å². The van der Waals surface area contributed by atoms with E-state index in [1.165, 1.54) is 17.8 Å². The molecule has 6 heteroatoms. The molecule has 1 saturated heterocycles. The summed E-state index contributed by atoms with van der Waals surface area (Å²) in [5, 5.41) is 0.994. The number of hydrogen-bond acceptors (Lipinski definition) is 5. The molecule has 0 bridgehead atoms. The maximum Gasteiger partial charge on any atom is 0.226 e. The third-order valence-electron chi connectivity index (χ3n) is 3.75. The first-order valence-electron chi connectivity index (χ1n) is 7.09. The lowest BCUT2D eigenvalue weighted by atomic mass is 10.1. The third kappa shape index (κ3) is 2.82. The van der Waals surface area contributed by atoms with Crippen LogP contribution in [0, 0.1) is 6.92 Å². The molecule has 1 aromatic carbocycles. The molecule has 1 aromatic heterocycles. The number of aromatic nitrogens is 1. The largest absolute Gasteiger partial charge is 0.361 e. The minimum absolute atomic E-state index is 0.207. The van der Waals surface area contributed by atoms with Crippen molar-refractivity contribution in [3.63, 3.8) is 0 Å². The molecule has 0 saturated carbocycles. The highest BCUT2D eigenvalue weighted by atomic mass is 32.2. The molecule has 0 amide bonds. The molecule has 0 atom stereocenters. The molecule has 2 heterocycles. The summed E-state index contributed by atoms with van der Waals surface area (Å²) in [4.78, 5) is 6.62. The van der Waals surface area contributed by atoms with E-state index in [4.69, 9.17) is 0 Å². The highest BCUT2D eigenvalue weighted by Crippen LogP contribution is 2.34. The van der Waals surface area contributed by atoms with Crippen LogP contribution >= 0.6 is 11.3 Å². The summed E-state index contributed by atoms with van der Waals surface area (Å²) in [6.45, 7) is 3.77. The second kappa shape index (κ2) is 5.77. The topological polar surface area (TPSA) is 50.3 Å². The van der Waals surface area contributed by atoms with Gasteiger partial charge in [-0.2, -0.15) is 0 Å². The average molecular weight is 322 g/mol. The molecule has 0 radical (unpaired) electrons. The maximum atomic E-state index is 12.8. The minimum atomic E-state index is -3.53. The van der Waals surface area contributed by atoms with E-state index >= 15 is 0 Å². The number of aryl methyl sites for hydroxylation is 1. The van der Waals surface area contributed by atoms with Crippen molar-refractivity contribution in [1.82, 2.24) is 4.98 Å². The lowest BCUT2D eigenvalue weighted by molar-refractivity contribution is 0.571. The van der Waals surface area contributed by atoms with Crippen molar-refractivity contribution in [2.24, 2.45) is 0 Å². The molecule has 0 spiro atoms. The van der Waals surface area contributed by atoms with Gasteiger partial charge in [-0.3, -0.25) is 0 Å². The smallest absolute Gasteiger partial charge is 0.226 e. The van der Waals surface area contributed by atoms with Gasteiger partial charge in [-0.1, -0.05) is 17.7 Å². The second-order valence-electron chi connectivity index (χ2n) is 5.33. The molecule has 1 aliphatic rings. The van der Waals surface area contributed by atoms with Crippen molar-refractivity contribution in [2.45, 2.75) is 36.1 Å². The zero-order valence-corrected chi connectivity index (χ0v) is 13.6. The number of thiazole rings is 1. The number of anilines is 1. The van der Waals surface area contributed by atoms with Gasteiger partial charge < -0.3 is 4.90 Å². The summed E-state index contributed by atoms with van der Waals surface area (Å²) in [7, 11) is -3.53. The second-order valence-corrected chi connectivity index (χ2v) is 8.03. The minimum Gasteiger partial charge on any atom is -0.361 e. The Morgan fingerprint density at radius 3 is 2.43 bits per heavy atom. The molecule has 0 unspecified atom stereocenters. The fraction of sp³-hybridized carbons (Fsp3) is 0.400. The zero-order valence-electron chi connectivity index (χ0n) is 11.9. The molecule has 3 rings (SSSR count). The number of benzene rings is 1. The average Bonchev–Trinajstić information content (AvgIpc) is 2.99. The van der Waals surface area contributed by atoms with E-state index in [0.29, 0.717) is 4.90 Å². The van der Waals surface area contributed by atoms with Gasteiger partial charge in [0, 0.05) is 13.1 Å². The Hall–Kier alpha value is -1.40. The Balaban J connectivity index is 2.00. The number of hydrogen-bond donors (Lipinski definition) is 0. The van der Waals surface area contributed by atoms with Gasteiger partial charge in [0.1, 0.15) is 5.00 Å². The predicted molar refractivity (Wildman–Crippen MR) is 84.8 cm³/mol. The van der Waals surface area contributed by atoms with Crippen molar-refractivity contribution >= 4 is 26.2 Å². The standard InChI is InChI=1S/C15H18N2O2S2/c1-12-5-7-13(8-6-12)21(18,19)14-15(20-11-16-14)17-9-3-2-4-10-17/h5-8,11H,2-4,9-10H2,1H3. The highest BCUT2D eigenvalue weighted by Gasteiger charge is 2.27. The highest BCUT2D eigenvalue weighted by molar-refractivity contribution is 7.91. The van der Waals surface area contributed by atoms with Crippen molar-refractivity contribution in [3.05, 3.63) is 35.3 Å². The molecule has 1 fully saturated rings. The summed E-state index contributed by atoms with van der Waals surface area (Å²) >= 11 is 1.42. The molecule has 4 nitrogen and oxygen atoms in total. The molecule has 112 valence electrons. The van der Waals surface area contributed by atoms with Crippen LogP contribution in [-0.2, 0) is 9.84 Å². The molecular formula is C15H18N2O2S2. The van der Waals surface area contributed by atoms with Crippen LogP contribution in [0.25, 0.3) is 0 Å². The van der Waals surface area contributed by atoms with Crippen molar-refractivity contribution in [1.29, 1.82) is 0 Å². The fourth-order valence-corrected chi connectivity index (χ4v) is 5.10.